The number of aromatic nitrogens is 3. The monoisotopic (exact) mass is 572 g/mol. The number of carbonyl (C=O) groups is 1. The van der Waals surface area contributed by atoms with Crippen LogP contribution in [-0.4, -0.2) is 90.1 Å². The van der Waals surface area contributed by atoms with Gasteiger partial charge in [-0.15, -0.1) is 0 Å². The third-order valence-corrected chi connectivity index (χ3v) is 7.55. The van der Waals surface area contributed by atoms with E-state index in [4.69, 9.17) is 4.74 Å². The molecule has 0 spiro atoms. The summed E-state index contributed by atoms with van der Waals surface area (Å²) < 4.78 is 46.0. The van der Waals surface area contributed by atoms with E-state index in [0.717, 1.165) is 11.8 Å². The van der Waals surface area contributed by atoms with Crippen LogP contribution in [0.4, 0.5) is 24.7 Å². The number of alkyl halides is 3. The second kappa shape index (κ2) is 13.2. The lowest BCUT2D eigenvalue weighted by Crippen LogP contribution is -2.55. The number of carbonyl (C=O) groups excluding carboxylic acids is 1. The minimum absolute atomic E-state index is 0.0444. The molecule has 13 heteroatoms. The van der Waals surface area contributed by atoms with Crippen molar-refractivity contribution in [3.63, 3.8) is 0 Å². The number of piperazine rings is 1. The maximum absolute atomic E-state index is 13.6. The number of halogens is 3. The number of pyridine rings is 1. The highest BCUT2D eigenvalue weighted by molar-refractivity contribution is 5.87. The molecule has 3 aliphatic heterocycles. The van der Waals surface area contributed by atoms with Crippen molar-refractivity contribution >= 4 is 17.4 Å². The Morgan fingerprint density at radius 3 is 2.56 bits per heavy atom. The first-order valence-electron chi connectivity index (χ1n) is 13.6. The molecule has 0 aliphatic carbocycles. The summed E-state index contributed by atoms with van der Waals surface area (Å²) in [4.78, 5) is 32.5. The summed E-state index contributed by atoms with van der Waals surface area (Å²) in [5, 5.41) is 9.27. The van der Waals surface area contributed by atoms with E-state index < -0.39 is 11.7 Å². The molecule has 5 heterocycles. The van der Waals surface area contributed by atoms with Crippen molar-refractivity contribution < 1.29 is 22.7 Å². The van der Waals surface area contributed by atoms with Crippen LogP contribution in [0.1, 0.15) is 36.1 Å². The lowest BCUT2D eigenvalue weighted by molar-refractivity contribution is -0.137. The largest absolute Gasteiger partial charge is 0.467 e. The molecule has 0 radical (unpaired) electrons. The molecule has 2 fully saturated rings. The highest BCUT2D eigenvalue weighted by atomic mass is 19.4. The van der Waals surface area contributed by atoms with Gasteiger partial charge in [-0.05, 0) is 51.5 Å². The van der Waals surface area contributed by atoms with Gasteiger partial charge >= 0.3 is 12.2 Å². The molecule has 10 nitrogen and oxygen atoms in total. The van der Waals surface area contributed by atoms with Crippen LogP contribution in [0.25, 0.3) is 0 Å². The molecule has 2 aromatic heterocycles. The van der Waals surface area contributed by atoms with Crippen molar-refractivity contribution in [1.29, 1.82) is 5.26 Å². The number of nitriles is 1. The first-order valence-corrected chi connectivity index (χ1v) is 13.6. The number of hydrogen-bond donors (Lipinski definition) is 0. The summed E-state index contributed by atoms with van der Waals surface area (Å²) in [5.74, 6) is 0.381. The molecule has 2 saturated heterocycles. The van der Waals surface area contributed by atoms with Crippen molar-refractivity contribution in [3.8, 4) is 12.1 Å². The smallest absolute Gasteiger partial charge is 0.419 e. The number of amides is 1. The van der Waals surface area contributed by atoms with Crippen molar-refractivity contribution in [2.24, 2.45) is 0 Å². The number of anilines is 2. The Labute approximate surface area is 238 Å². The van der Waals surface area contributed by atoms with E-state index in [1.54, 1.807) is 9.80 Å². The maximum Gasteiger partial charge on any atom is 0.419 e. The molecule has 41 heavy (non-hydrogen) atoms. The van der Waals surface area contributed by atoms with Crippen molar-refractivity contribution in [2.45, 2.75) is 44.4 Å². The Morgan fingerprint density at radius 2 is 1.95 bits per heavy atom. The maximum atomic E-state index is 13.6. The van der Waals surface area contributed by atoms with Crippen LogP contribution in [0, 0.1) is 11.3 Å². The predicted octanol–water partition coefficient (Wildman–Crippen LogP) is 3.29. The van der Waals surface area contributed by atoms with E-state index in [0.29, 0.717) is 44.1 Å². The van der Waals surface area contributed by atoms with E-state index >= 15 is 0 Å². The molecular weight excluding hydrogens is 537 g/mol. The Hall–Kier alpha value is -3.92. The molecule has 5 rings (SSSR count). The number of fused-ring (bicyclic) bond motifs is 1. The number of rotatable bonds is 5. The molecule has 1 atom stereocenters. The standard InChI is InChI=1S/C23H24F3N7O2.C5H11N/c1-3-20(34)33-11-10-32(13-15(33)4-7-27)21-16-6-9-31(14-18(16)29-22(30-21)35-2)19-5-8-28-12-17(19)23(24,25)26;1-6-4-2-3-5-6/h3,5,8,12,15H,1,4,6,9-11,13-14H2,2H3;2-5H2,1H3. The molecule has 0 bridgehead atoms. The van der Waals surface area contributed by atoms with Gasteiger partial charge in [0.25, 0.3) is 0 Å². The molecule has 1 unspecified atom stereocenters. The summed E-state index contributed by atoms with van der Waals surface area (Å²) in [7, 11) is 3.60. The average Bonchev–Trinajstić information content (AvgIpc) is 3.46. The zero-order chi connectivity index (χ0) is 29.6. The van der Waals surface area contributed by atoms with Crippen molar-refractivity contribution in [3.05, 3.63) is 47.9 Å². The van der Waals surface area contributed by atoms with E-state index in [9.17, 15) is 23.2 Å². The van der Waals surface area contributed by atoms with E-state index in [-0.39, 0.29) is 36.6 Å². The summed E-state index contributed by atoms with van der Waals surface area (Å²) >= 11 is 0. The van der Waals surface area contributed by atoms with Crippen LogP contribution in [0.3, 0.4) is 0 Å². The number of hydrogen-bond acceptors (Lipinski definition) is 9. The fourth-order valence-corrected chi connectivity index (χ4v) is 5.44. The Bertz CT molecular complexity index is 1280. The summed E-state index contributed by atoms with van der Waals surface area (Å²) in [6.45, 7) is 7.89. The van der Waals surface area contributed by atoms with Gasteiger partial charge in [0.15, 0.2) is 0 Å². The molecular formula is C28H35F3N8O2. The fraction of sp³-hybridized carbons (Fsp3) is 0.536. The SMILES string of the molecule is C=CC(=O)N1CCN(c2nc(OC)nc3c2CCN(c2ccncc2C(F)(F)F)C3)CC1CC#N.CN1CCCC1. The first-order chi connectivity index (χ1) is 19.7. The minimum atomic E-state index is -4.53. The molecule has 220 valence electrons. The fourth-order valence-electron chi connectivity index (χ4n) is 5.44. The van der Waals surface area contributed by atoms with E-state index in [1.807, 2.05) is 4.90 Å². The van der Waals surface area contributed by atoms with Gasteiger partial charge in [0, 0.05) is 44.1 Å². The highest BCUT2D eigenvalue weighted by Crippen LogP contribution is 2.38. The van der Waals surface area contributed by atoms with Crippen LogP contribution < -0.4 is 14.5 Å². The van der Waals surface area contributed by atoms with Gasteiger partial charge in [0.2, 0.25) is 5.91 Å². The summed E-state index contributed by atoms with van der Waals surface area (Å²) in [6, 6.07) is 3.24. The van der Waals surface area contributed by atoms with Gasteiger partial charge in [-0.3, -0.25) is 9.78 Å². The predicted molar refractivity (Wildman–Crippen MR) is 147 cm³/mol. The van der Waals surface area contributed by atoms with Crippen LogP contribution in [-0.2, 0) is 23.9 Å². The molecule has 2 aromatic rings. The summed E-state index contributed by atoms with van der Waals surface area (Å²) in [5.41, 5.74) is 0.642. The summed E-state index contributed by atoms with van der Waals surface area (Å²) in [6.07, 6.45) is 2.27. The number of likely N-dealkylation sites (tertiary alicyclic amines) is 1. The van der Waals surface area contributed by atoms with Crippen molar-refractivity contribution in [1.82, 2.24) is 24.8 Å². The van der Waals surface area contributed by atoms with Crippen molar-refractivity contribution in [2.75, 3.05) is 63.2 Å². The number of nitrogens with zero attached hydrogens (tertiary/aromatic N) is 8. The van der Waals surface area contributed by atoms with Gasteiger partial charge < -0.3 is 24.3 Å². The highest BCUT2D eigenvalue weighted by Gasteiger charge is 2.37. The number of ether oxygens (including phenoxy) is 1. The van der Waals surface area contributed by atoms with Gasteiger partial charge in [-0.25, -0.2) is 0 Å². The molecule has 0 N–H and O–H groups in total. The lowest BCUT2D eigenvalue weighted by atomic mass is 10.0. The Kier molecular flexibility index (Phi) is 9.65. The van der Waals surface area contributed by atoms with Gasteiger partial charge in [0.05, 0.1) is 49.1 Å². The molecule has 0 saturated carbocycles. The van der Waals surface area contributed by atoms with E-state index in [2.05, 4.69) is 39.5 Å². The topological polar surface area (TPSA) is 102 Å². The van der Waals surface area contributed by atoms with Gasteiger partial charge in [-0.1, -0.05) is 6.58 Å². The Balaban J connectivity index is 0.000000572. The van der Waals surface area contributed by atoms with Gasteiger partial charge in [-0.2, -0.15) is 28.4 Å². The van der Waals surface area contributed by atoms with E-state index in [1.165, 1.54) is 51.4 Å². The molecule has 0 aromatic carbocycles. The third kappa shape index (κ3) is 7.05. The van der Waals surface area contributed by atoms with Gasteiger partial charge in [0.1, 0.15) is 5.82 Å². The minimum Gasteiger partial charge on any atom is -0.467 e. The molecule has 1 amide bonds. The normalized spacial score (nSPS) is 19.1. The van der Waals surface area contributed by atoms with Crippen LogP contribution in [0.15, 0.2) is 31.1 Å². The third-order valence-electron chi connectivity index (χ3n) is 7.55. The lowest BCUT2D eigenvalue weighted by Gasteiger charge is -2.42. The average molecular weight is 573 g/mol. The van der Waals surface area contributed by atoms with Crippen LogP contribution in [0.5, 0.6) is 6.01 Å². The Morgan fingerprint density at radius 1 is 1.20 bits per heavy atom. The zero-order valence-electron chi connectivity index (χ0n) is 23.4. The second-order valence-corrected chi connectivity index (χ2v) is 10.2. The first kappa shape index (κ1) is 30.0. The van der Waals surface area contributed by atoms with Crippen LogP contribution >= 0.6 is 0 Å². The quantitative estimate of drug-likeness (QED) is 0.500. The number of methoxy groups -OCH3 is 1. The van der Waals surface area contributed by atoms with Crippen LogP contribution in [0.2, 0.25) is 0 Å². The molecule has 3 aliphatic rings. The second-order valence-electron chi connectivity index (χ2n) is 10.2. The zero-order valence-corrected chi connectivity index (χ0v) is 23.4.